The molecule has 1 aliphatic carbocycles. The van der Waals surface area contributed by atoms with Crippen molar-refractivity contribution in [1.82, 2.24) is 20.0 Å². The molecule has 2 fully saturated rings. The maximum atomic E-state index is 16.0. The molecule has 0 bridgehead atoms. The molecule has 216 valence electrons. The van der Waals surface area contributed by atoms with Gasteiger partial charge in [-0.25, -0.2) is 17.6 Å². The second-order valence-corrected chi connectivity index (χ2v) is 11.8. The van der Waals surface area contributed by atoms with Crippen LogP contribution in [-0.4, -0.2) is 82.6 Å². The molecule has 40 heavy (non-hydrogen) atoms. The number of fused-ring (bicyclic) bond motifs is 3. The Labute approximate surface area is 229 Å². The zero-order valence-electron chi connectivity index (χ0n) is 22.4. The van der Waals surface area contributed by atoms with Crippen LogP contribution in [0.3, 0.4) is 0 Å². The van der Waals surface area contributed by atoms with Crippen molar-refractivity contribution < 1.29 is 27.1 Å². The Morgan fingerprint density at radius 3 is 2.62 bits per heavy atom. The first-order valence-electron chi connectivity index (χ1n) is 13.9. The van der Waals surface area contributed by atoms with Crippen LogP contribution in [0.2, 0.25) is 0 Å². The van der Waals surface area contributed by atoms with E-state index in [1.165, 1.54) is 17.0 Å². The summed E-state index contributed by atoms with van der Waals surface area (Å²) >= 11 is 0. The van der Waals surface area contributed by atoms with Gasteiger partial charge in [-0.15, -0.1) is 0 Å². The molecule has 0 amide bonds. The number of halogens is 5. The molecule has 6 nitrogen and oxygen atoms in total. The fourth-order valence-electron chi connectivity index (χ4n) is 6.83. The van der Waals surface area contributed by atoms with Crippen molar-refractivity contribution in [3.8, 4) is 0 Å². The molecule has 3 atom stereocenters. The Balaban J connectivity index is 1.36. The lowest BCUT2D eigenvalue weighted by molar-refractivity contribution is -0.0866. The molecule has 11 heteroatoms. The Kier molecular flexibility index (Phi) is 7.03. The SMILES string of the molecule is C[C@@H]1Cc2c(ccc3[nH]ncc23)[C@@H](c2c(F)cc(N[C@@H]3CN(CCCF)CC34CC4)cc2F)N1CC(F)(F)CO. The van der Waals surface area contributed by atoms with E-state index >= 15 is 8.78 Å². The van der Waals surface area contributed by atoms with Crippen LogP contribution in [0.25, 0.3) is 10.9 Å². The summed E-state index contributed by atoms with van der Waals surface area (Å²) in [6.07, 6.45) is 4.50. The van der Waals surface area contributed by atoms with Crippen molar-refractivity contribution in [3.05, 3.63) is 58.8 Å². The number of nitrogens with one attached hydrogen (secondary N) is 2. The summed E-state index contributed by atoms with van der Waals surface area (Å²) in [5, 5.41) is 20.4. The maximum absolute atomic E-state index is 16.0. The predicted molar refractivity (Wildman–Crippen MR) is 142 cm³/mol. The van der Waals surface area contributed by atoms with Crippen LogP contribution in [0.15, 0.2) is 30.5 Å². The Morgan fingerprint density at radius 2 is 1.95 bits per heavy atom. The van der Waals surface area contributed by atoms with Crippen molar-refractivity contribution in [2.75, 3.05) is 44.8 Å². The number of nitrogens with zero attached hydrogens (tertiary/aromatic N) is 3. The molecular formula is C29H34F5N5O. The summed E-state index contributed by atoms with van der Waals surface area (Å²) in [5.74, 6) is -5.10. The molecule has 3 aromatic rings. The zero-order valence-corrected chi connectivity index (χ0v) is 22.4. The van der Waals surface area contributed by atoms with Crippen molar-refractivity contribution in [2.45, 2.75) is 56.7 Å². The lowest BCUT2D eigenvalue weighted by Gasteiger charge is -2.43. The molecule has 2 aliphatic heterocycles. The molecule has 3 heterocycles. The highest BCUT2D eigenvalue weighted by Gasteiger charge is 2.55. The molecule has 1 aromatic heterocycles. The third-order valence-electron chi connectivity index (χ3n) is 9.02. The minimum Gasteiger partial charge on any atom is -0.390 e. The van der Waals surface area contributed by atoms with Gasteiger partial charge in [0.25, 0.3) is 5.92 Å². The minimum absolute atomic E-state index is 0.0127. The first-order chi connectivity index (χ1) is 19.1. The van der Waals surface area contributed by atoms with Gasteiger partial charge in [-0.2, -0.15) is 5.10 Å². The van der Waals surface area contributed by atoms with Crippen LogP contribution in [-0.2, 0) is 6.42 Å². The van der Waals surface area contributed by atoms with Crippen molar-refractivity contribution in [1.29, 1.82) is 0 Å². The highest BCUT2D eigenvalue weighted by atomic mass is 19.3. The lowest BCUT2D eigenvalue weighted by atomic mass is 9.83. The topological polar surface area (TPSA) is 67.4 Å². The number of benzene rings is 2. The van der Waals surface area contributed by atoms with Gasteiger partial charge in [0, 0.05) is 53.8 Å². The van der Waals surface area contributed by atoms with Crippen LogP contribution in [0.5, 0.6) is 0 Å². The standard InChI is InChI=1S/C29H34F5N5O/c1-17-9-20-19(3-4-24-21(20)12-35-37-24)27(39(17)15-29(33,34)16-40)26-22(31)10-18(11-23(26)32)36-25-13-38(8-2-7-30)14-28(25)5-6-28/h3-4,10-12,17,25,27,36,40H,2,5-9,13-16H2,1H3,(H,35,37)/t17-,25-,27+/m1/s1. The van der Waals surface area contributed by atoms with Crippen molar-refractivity contribution in [3.63, 3.8) is 0 Å². The van der Waals surface area contributed by atoms with Gasteiger partial charge >= 0.3 is 0 Å². The van der Waals surface area contributed by atoms with Gasteiger partial charge in [0.1, 0.15) is 18.2 Å². The van der Waals surface area contributed by atoms with Crippen molar-refractivity contribution in [2.24, 2.45) is 5.41 Å². The van der Waals surface area contributed by atoms with E-state index in [0.29, 0.717) is 37.2 Å². The minimum atomic E-state index is -3.45. The fraction of sp³-hybridized carbons (Fsp3) is 0.552. The molecule has 1 spiro atoms. The smallest absolute Gasteiger partial charge is 0.283 e. The number of alkyl halides is 3. The van der Waals surface area contributed by atoms with E-state index in [4.69, 9.17) is 0 Å². The van der Waals surface area contributed by atoms with Crippen LogP contribution in [0.4, 0.5) is 27.6 Å². The summed E-state index contributed by atoms with van der Waals surface area (Å²) in [6, 6.07) is 4.32. The molecule has 3 aliphatic rings. The van der Waals surface area contributed by atoms with Gasteiger partial charge in [-0.3, -0.25) is 14.4 Å². The van der Waals surface area contributed by atoms with E-state index in [1.54, 1.807) is 25.3 Å². The van der Waals surface area contributed by atoms with Crippen LogP contribution in [0, 0.1) is 17.0 Å². The molecule has 1 saturated carbocycles. The number of aliphatic hydroxyl groups excluding tert-OH is 1. The Morgan fingerprint density at radius 1 is 1.20 bits per heavy atom. The number of anilines is 1. The molecule has 6 rings (SSSR count). The third kappa shape index (κ3) is 4.86. The lowest BCUT2D eigenvalue weighted by Crippen LogP contribution is -2.49. The zero-order chi connectivity index (χ0) is 28.2. The number of aromatic nitrogens is 2. The van der Waals surface area contributed by atoms with Crippen LogP contribution in [0.1, 0.15) is 48.9 Å². The highest BCUT2D eigenvalue weighted by Crippen LogP contribution is 2.54. The van der Waals surface area contributed by atoms with Crippen molar-refractivity contribution >= 4 is 16.6 Å². The number of aliphatic hydroxyl groups is 1. The van der Waals surface area contributed by atoms with E-state index in [1.807, 2.05) is 0 Å². The van der Waals surface area contributed by atoms with Crippen LogP contribution < -0.4 is 5.32 Å². The van der Waals surface area contributed by atoms with Gasteiger partial charge in [-0.1, -0.05) is 6.07 Å². The Hall–Kier alpha value is -2.76. The van der Waals surface area contributed by atoms with Gasteiger partial charge < -0.3 is 15.3 Å². The average molecular weight is 564 g/mol. The van der Waals surface area contributed by atoms with Gasteiger partial charge in [0.05, 0.1) is 31.0 Å². The van der Waals surface area contributed by atoms with E-state index in [0.717, 1.165) is 35.9 Å². The first kappa shape index (κ1) is 27.4. The quantitative estimate of drug-likeness (QED) is 0.319. The molecule has 1 saturated heterocycles. The van der Waals surface area contributed by atoms with E-state index in [-0.39, 0.29) is 23.7 Å². The summed E-state index contributed by atoms with van der Waals surface area (Å²) in [4.78, 5) is 3.58. The number of likely N-dealkylation sites (tertiary alicyclic amines) is 1. The second-order valence-electron chi connectivity index (χ2n) is 11.8. The van der Waals surface area contributed by atoms with Gasteiger partial charge in [-0.05, 0) is 61.9 Å². The number of hydrogen-bond donors (Lipinski definition) is 3. The molecular weight excluding hydrogens is 529 g/mol. The summed E-state index contributed by atoms with van der Waals surface area (Å²) in [7, 11) is 0. The molecule has 0 unspecified atom stereocenters. The van der Waals surface area contributed by atoms with Crippen LogP contribution >= 0.6 is 0 Å². The third-order valence-corrected chi connectivity index (χ3v) is 9.02. The average Bonchev–Trinajstić information content (AvgIpc) is 3.37. The van der Waals surface area contributed by atoms with Gasteiger partial charge in [0.15, 0.2) is 0 Å². The fourth-order valence-corrected chi connectivity index (χ4v) is 6.83. The van der Waals surface area contributed by atoms with E-state index in [9.17, 15) is 18.3 Å². The predicted octanol–water partition coefficient (Wildman–Crippen LogP) is 5.04. The second kappa shape index (κ2) is 10.3. The Bertz CT molecular complexity index is 1370. The normalized spacial score (nSPS) is 24.6. The first-order valence-corrected chi connectivity index (χ1v) is 13.9. The monoisotopic (exact) mass is 563 g/mol. The largest absolute Gasteiger partial charge is 0.390 e. The molecule has 0 radical (unpaired) electrons. The molecule has 3 N–H and O–H groups in total. The number of H-pyrrole nitrogens is 1. The summed E-state index contributed by atoms with van der Waals surface area (Å²) < 4.78 is 73.7. The summed E-state index contributed by atoms with van der Waals surface area (Å²) in [5.41, 5.74) is 2.13. The number of hydrogen-bond acceptors (Lipinski definition) is 5. The van der Waals surface area contributed by atoms with E-state index in [2.05, 4.69) is 20.4 Å². The summed E-state index contributed by atoms with van der Waals surface area (Å²) in [6.45, 7) is 1.31. The maximum Gasteiger partial charge on any atom is 0.283 e. The van der Waals surface area contributed by atoms with Gasteiger partial charge in [0.2, 0.25) is 0 Å². The van der Waals surface area contributed by atoms with E-state index < -0.39 is 42.8 Å². The molecule has 2 aromatic carbocycles. The number of rotatable bonds is 9. The number of aromatic amines is 1. The highest BCUT2D eigenvalue weighted by molar-refractivity contribution is 5.83.